The zero-order valence-electron chi connectivity index (χ0n) is 15.9. The topological polar surface area (TPSA) is 95.8 Å². The molecule has 1 spiro atoms. The predicted octanol–water partition coefficient (Wildman–Crippen LogP) is 1.10. The average Bonchev–Trinajstić information content (AvgIpc) is 3.46. The molecule has 5 rings (SSSR count). The molecule has 10 heteroatoms. The molecule has 2 aliphatic heterocycles. The molecular weight excluding hydrogens is 376 g/mol. The molecule has 1 amide bonds. The van der Waals surface area contributed by atoms with E-state index in [0.717, 1.165) is 43.9 Å². The number of imidazole rings is 1. The summed E-state index contributed by atoms with van der Waals surface area (Å²) in [4.78, 5) is 26.9. The molecule has 5 heterocycles. The summed E-state index contributed by atoms with van der Waals surface area (Å²) in [7, 11) is 2.03. The van der Waals surface area contributed by atoms with Gasteiger partial charge in [-0.1, -0.05) is 0 Å². The second-order valence-electron chi connectivity index (χ2n) is 7.59. The second kappa shape index (κ2) is 6.49. The van der Waals surface area contributed by atoms with E-state index >= 15 is 0 Å². The number of hydrogen-bond acceptors (Lipinski definition) is 7. The first-order chi connectivity index (χ1) is 13.6. The van der Waals surface area contributed by atoms with Gasteiger partial charge < -0.3 is 9.47 Å². The van der Waals surface area contributed by atoms with Crippen molar-refractivity contribution in [2.24, 2.45) is 7.05 Å². The maximum Gasteiger partial charge on any atom is 0.277 e. The normalized spacial score (nSPS) is 22.1. The van der Waals surface area contributed by atoms with E-state index in [9.17, 15) is 4.79 Å². The molecule has 9 nitrogen and oxygen atoms in total. The number of fused-ring (bicyclic) bond motifs is 2. The number of carbonyl (C=O) groups is 1. The van der Waals surface area contributed by atoms with E-state index in [4.69, 9.17) is 4.98 Å². The highest BCUT2D eigenvalue weighted by atomic mass is 32.1. The fourth-order valence-electron chi connectivity index (χ4n) is 4.57. The Balaban J connectivity index is 1.52. The van der Waals surface area contributed by atoms with E-state index in [2.05, 4.69) is 35.2 Å². The van der Waals surface area contributed by atoms with E-state index in [1.54, 1.807) is 11.3 Å². The molecule has 0 bridgehead atoms. The van der Waals surface area contributed by atoms with Crippen LogP contribution in [0.5, 0.6) is 0 Å². The van der Waals surface area contributed by atoms with Crippen LogP contribution in [0.3, 0.4) is 0 Å². The summed E-state index contributed by atoms with van der Waals surface area (Å²) in [6, 6.07) is 0. The van der Waals surface area contributed by atoms with Crippen LogP contribution in [0.4, 0.5) is 0 Å². The zero-order valence-corrected chi connectivity index (χ0v) is 16.7. The molecule has 3 aromatic rings. The Morgan fingerprint density at radius 2 is 2.21 bits per heavy atom. The molecule has 0 saturated carbocycles. The van der Waals surface area contributed by atoms with Crippen LogP contribution in [-0.2, 0) is 25.6 Å². The van der Waals surface area contributed by atoms with Gasteiger partial charge in [0.05, 0.1) is 28.9 Å². The molecule has 3 aromatic heterocycles. The lowest BCUT2D eigenvalue weighted by Crippen LogP contribution is -2.55. The number of rotatable bonds is 3. The van der Waals surface area contributed by atoms with Crippen LogP contribution in [0.2, 0.25) is 0 Å². The van der Waals surface area contributed by atoms with Crippen molar-refractivity contribution in [2.45, 2.75) is 31.8 Å². The largest absolute Gasteiger partial charge is 0.337 e. The minimum absolute atomic E-state index is 0.0712. The monoisotopic (exact) mass is 398 g/mol. The number of hydrogen-bond donors (Lipinski definition) is 1. The maximum absolute atomic E-state index is 13.4. The zero-order chi connectivity index (χ0) is 19.3. The predicted molar refractivity (Wildman–Crippen MR) is 103 cm³/mol. The van der Waals surface area contributed by atoms with Crippen molar-refractivity contribution in [1.82, 2.24) is 39.7 Å². The van der Waals surface area contributed by atoms with Crippen LogP contribution in [-0.4, -0.2) is 65.3 Å². The summed E-state index contributed by atoms with van der Waals surface area (Å²) in [5, 5.41) is 12.8. The van der Waals surface area contributed by atoms with E-state index in [-0.39, 0.29) is 5.91 Å². The fraction of sp³-hybridized carbons (Fsp3) is 0.500. The van der Waals surface area contributed by atoms with E-state index in [1.165, 1.54) is 5.69 Å². The Labute approximate surface area is 166 Å². The van der Waals surface area contributed by atoms with Crippen molar-refractivity contribution in [3.05, 3.63) is 45.7 Å². The van der Waals surface area contributed by atoms with Gasteiger partial charge in [0.1, 0.15) is 5.54 Å². The van der Waals surface area contributed by atoms with Gasteiger partial charge in [-0.3, -0.25) is 9.69 Å². The fourth-order valence-corrected chi connectivity index (χ4v) is 5.12. The van der Waals surface area contributed by atoms with Crippen molar-refractivity contribution >= 4 is 17.2 Å². The molecule has 1 N–H and O–H groups in total. The quantitative estimate of drug-likeness (QED) is 0.710. The molecule has 0 aliphatic carbocycles. The van der Waals surface area contributed by atoms with Gasteiger partial charge >= 0.3 is 0 Å². The van der Waals surface area contributed by atoms with Crippen molar-refractivity contribution < 1.29 is 4.79 Å². The van der Waals surface area contributed by atoms with Gasteiger partial charge in [0, 0.05) is 50.7 Å². The summed E-state index contributed by atoms with van der Waals surface area (Å²) in [5.74, 6) is -0.0712. The van der Waals surface area contributed by atoms with E-state index < -0.39 is 5.54 Å². The van der Waals surface area contributed by atoms with Crippen molar-refractivity contribution in [3.63, 3.8) is 0 Å². The van der Waals surface area contributed by atoms with Crippen LogP contribution in [0, 0.1) is 6.92 Å². The molecule has 28 heavy (non-hydrogen) atoms. The van der Waals surface area contributed by atoms with Crippen LogP contribution in [0.15, 0.2) is 17.2 Å². The summed E-state index contributed by atoms with van der Waals surface area (Å²) >= 11 is 1.61. The number of H-pyrrole nitrogens is 1. The standard InChI is InChI=1S/C18H22N8OS/c1-12-15(22-23-21-12)17(27)26-5-3-14-16(19-10-24(14)2)18(26)4-6-25(9-18)7-13-8-28-11-20-13/h8,10-11H,3-7,9H2,1-2H3,(H,21,22,23). The summed E-state index contributed by atoms with van der Waals surface area (Å²) in [5.41, 5.74) is 5.77. The van der Waals surface area contributed by atoms with Gasteiger partial charge in [-0.25, -0.2) is 9.97 Å². The minimum atomic E-state index is -0.437. The molecular formula is C18H22N8OS. The van der Waals surface area contributed by atoms with Gasteiger partial charge in [0.15, 0.2) is 5.69 Å². The van der Waals surface area contributed by atoms with Gasteiger partial charge in [-0.15, -0.1) is 11.3 Å². The molecule has 1 fully saturated rings. The summed E-state index contributed by atoms with van der Waals surface area (Å²) in [6.45, 7) is 4.90. The number of nitrogens with zero attached hydrogens (tertiary/aromatic N) is 7. The first-order valence-corrected chi connectivity index (χ1v) is 10.3. The Morgan fingerprint density at radius 1 is 1.32 bits per heavy atom. The molecule has 146 valence electrons. The van der Waals surface area contributed by atoms with Crippen LogP contribution >= 0.6 is 11.3 Å². The third-order valence-corrected chi connectivity index (χ3v) is 6.59. The molecule has 0 aromatic carbocycles. The highest BCUT2D eigenvalue weighted by Gasteiger charge is 2.52. The lowest BCUT2D eigenvalue weighted by atomic mass is 9.85. The highest BCUT2D eigenvalue weighted by molar-refractivity contribution is 7.07. The number of thiazole rings is 1. The number of nitrogens with one attached hydrogen (secondary N) is 1. The Hall–Kier alpha value is -2.59. The number of aromatic nitrogens is 6. The first kappa shape index (κ1) is 17.5. The van der Waals surface area contributed by atoms with Gasteiger partial charge in [0.25, 0.3) is 5.91 Å². The van der Waals surface area contributed by atoms with E-state index in [1.807, 2.05) is 30.7 Å². The smallest absolute Gasteiger partial charge is 0.277 e. The van der Waals surface area contributed by atoms with Crippen molar-refractivity contribution in [3.8, 4) is 0 Å². The van der Waals surface area contributed by atoms with Gasteiger partial charge in [0.2, 0.25) is 0 Å². The van der Waals surface area contributed by atoms with Crippen LogP contribution < -0.4 is 0 Å². The molecule has 1 atom stereocenters. The Kier molecular flexibility index (Phi) is 4.06. The van der Waals surface area contributed by atoms with Crippen molar-refractivity contribution in [2.75, 3.05) is 19.6 Å². The van der Waals surface area contributed by atoms with Gasteiger partial charge in [-0.05, 0) is 13.3 Å². The third kappa shape index (κ3) is 2.59. The molecule has 2 aliphatic rings. The van der Waals surface area contributed by atoms with Crippen molar-refractivity contribution in [1.29, 1.82) is 0 Å². The van der Waals surface area contributed by atoms with Crippen LogP contribution in [0.25, 0.3) is 0 Å². The third-order valence-electron chi connectivity index (χ3n) is 5.95. The highest BCUT2D eigenvalue weighted by Crippen LogP contribution is 2.43. The number of amides is 1. The molecule has 0 radical (unpaired) electrons. The Bertz CT molecular complexity index is 1010. The number of carbonyl (C=O) groups excluding carboxylic acids is 1. The summed E-state index contributed by atoms with van der Waals surface area (Å²) in [6.07, 6.45) is 3.51. The van der Waals surface area contributed by atoms with Crippen LogP contribution in [0.1, 0.15) is 39.7 Å². The maximum atomic E-state index is 13.4. The molecule has 1 unspecified atom stereocenters. The number of likely N-dealkylation sites (tertiary alicyclic amines) is 1. The average molecular weight is 398 g/mol. The van der Waals surface area contributed by atoms with Gasteiger partial charge in [-0.2, -0.15) is 15.4 Å². The second-order valence-corrected chi connectivity index (χ2v) is 8.31. The minimum Gasteiger partial charge on any atom is -0.337 e. The number of aromatic amines is 1. The first-order valence-electron chi connectivity index (χ1n) is 9.38. The SMILES string of the molecule is Cc1n[nH]nc1C(=O)N1CCc2c(ncn2C)C12CCN(Cc1cscn1)C2. The Morgan fingerprint density at radius 3 is 2.96 bits per heavy atom. The molecule has 1 saturated heterocycles. The number of aryl methyl sites for hydroxylation is 2. The van der Waals surface area contributed by atoms with E-state index in [0.29, 0.717) is 17.9 Å². The lowest BCUT2D eigenvalue weighted by Gasteiger charge is -2.44. The summed E-state index contributed by atoms with van der Waals surface area (Å²) < 4.78 is 2.09. The lowest BCUT2D eigenvalue weighted by molar-refractivity contribution is 0.0410.